The highest BCUT2D eigenvalue weighted by atomic mass is 16.4. The van der Waals surface area contributed by atoms with Gasteiger partial charge in [0.25, 0.3) is 5.91 Å². The van der Waals surface area contributed by atoms with Crippen molar-refractivity contribution in [2.24, 2.45) is 5.92 Å². The van der Waals surface area contributed by atoms with Crippen LogP contribution in [0.5, 0.6) is 0 Å². The van der Waals surface area contributed by atoms with Crippen molar-refractivity contribution in [2.75, 3.05) is 13.1 Å². The number of hydrogen-bond donors (Lipinski definition) is 2. The number of aromatic nitrogens is 2. The molecule has 20 heavy (non-hydrogen) atoms. The number of carbonyl (C=O) groups is 2. The summed E-state index contributed by atoms with van der Waals surface area (Å²) in [6.07, 6.45) is 2.79. The molecule has 0 spiro atoms. The van der Waals surface area contributed by atoms with E-state index in [0.29, 0.717) is 37.3 Å². The first-order valence-corrected chi connectivity index (χ1v) is 6.61. The van der Waals surface area contributed by atoms with E-state index in [2.05, 4.69) is 9.97 Å². The van der Waals surface area contributed by atoms with E-state index in [1.807, 2.05) is 12.1 Å². The Hall–Kier alpha value is -2.37. The first kappa shape index (κ1) is 12.7. The highest BCUT2D eigenvalue weighted by molar-refractivity contribution is 5.94. The van der Waals surface area contributed by atoms with Crippen LogP contribution >= 0.6 is 0 Å². The molecule has 0 bridgehead atoms. The summed E-state index contributed by atoms with van der Waals surface area (Å²) >= 11 is 0. The summed E-state index contributed by atoms with van der Waals surface area (Å²) in [6, 6.07) is 5.47. The van der Waals surface area contributed by atoms with Crippen molar-refractivity contribution < 1.29 is 14.7 Å². The fraction of sp³-hybridized carbons (Fsp3) is 0.357. The standard InChI is InChI=1S/C14H15N3O3/c18-13(17-7-4-10(5-8-17)14(19)20)11-2-1-9-3-6-15-12(9)16-11/h1-3,6,10H,4-5,7-8H2,(H,15,16)(H,19,20). The molecule has 2 aromatic heterocycles. The van der Waals surface area contributed by atoms with Gasteiger partial charge >= 0.3 is 5.97 Å². The van der Waals surface area contributed by atoms with Gasteiger partial charge in [0.05, 0.1) is 5.92 Å². The summed E-state index contributed by atoms with van der Waals surface area (Å²) < 4.78 is 0. The van der Waals surface area contributed by atoms with Gasteiger partial charge in [-0.2, -0.15) is 0 Å². The molecule has 1 fully saturated rings. The maximum Gasteiger partial charge on any atom is 0.306 e. The molecule has 0 saturated carbocycles. The van der Waals surface area contributed by atoms with Crippen LogP contribution in [-0.4, -0.2) is 44.9 Å². The van der Waals surface area contributed by atoms with Crippen LogP contribution in [0.1, 0.15) is 23.3 Å². The normalized spacial score (nSPS) is 16.5. The third kappa shape index (κ3) is 2.24. The van der Waals surface area contributed by atoms with Gasteiger partial charge < -0.3 is 15.0 Å². The van der Waals surface area contributed by atoms with Crippen molar-refractivity contribution >= 4 is 22.9 Å². The van der Waals surface area contributed by atoms with Crippen molar-refractivity contribution in [3.05, 3.63) is 30.1 Å². The van der Waals surface area contributed by atoms with Gasteiger partial charge in [-0.15, -0.1) is 0 Å². The fourth-order valence-electron chi connectivity index (χ4n) is 2.54. The first-order chi connectivity index (χ1) is 9.65. The van der Waals surface area contributed by atoms with Crippen molar-refractivity contribution in [3.63, 3.8) is 0 Å². The molecule has 0 atom stereocenters. The fourth-order valence-corrected chi connectivity index (χ4v) is 2.54. The Balaban J connectivity index is 1.74. The van der Waals surface area contributed by atoms with Crippen molar-refractivity contribution in [3.8, 4) is 0 Å². The van der Waals surface area contributed by atoms with Crippen LogP contribution in [0.15, 0.2) is 24.4 Å². The molecule has 1 aliphatic rings. The van der Waals surface area contributed by atoms with Gasteiger partial charge in [0.1, 0.15) is 11.3 Å². The van der Waals surface area contributed by atoms with Gasteiger partial charge in [-0.3, -0.25) is 9.59 Å². The zero-order valence-electron chi connectivity index (χ0n) is 10.9. The number of carbonyl (C=O) groups excluding carboxylic acids is 1. The second-order valence-electron chi connectivity index (χ2n) is 5.02. The van der Waals surface area contributed by atoms with Gasteiger partial charge in [0, 0.05) is 24.7 Å². The molecule has 1 amide bonds. The largest absolute Gasteiger partial charge is 0.481 e. The van der Waals surface area contributed by atoms with Gasteiger partial charge in [-0.05, 0) is 31.0 Å². The highest BCUT2D eigenvalue weighted by Crippen LogP contribution is 2.19. The molecule has 6 heteroatoms. The third-order valence-electron chi connectivity index (χ3n) is 3.76. The van der Waals surface area contributed by atoms with E-state index >= 15 is 0 Å². The summed E-state index contributed by atoms with van der Waals surface area (Å²) in [4.78, 5) is 32.2. The SMILES string of the molecule is O=C(O)C1CCN(C(=O)c2ccc3cc[nH]c3n2)CC1. The molecule has 1 aliphatic heterocycles. The number of carboxylic acid groups (broad SMARTS) is 1. The van der Waals surface area contributed by atoms with E-state index in [9.17, 15) is 9.59 Å². The maximum absolute atomic E-state index is 12.3. The number of aromatic amines is 1. The molecule has 6 nitrogen and oxygen atoms in total. The lowest BCUT2D eigenvalue weighted by Gasteiger charge is -2.29. The predicted octanol–water partition coefficient (Wildman–Crippen LogP) is 1.50. The smallest absolute Gasteiger partial charge is 0.306 e. The number of carboxylic acids is 1. The number of amides is 1. The Morgan fingerprint density at radius 3 is 2.70 bits per heavy atom. The number of likely N-dealkylation sites (tertiary alicyclic amines) is 1. The molecule has 3 heterocycles. The van der Waals surface area contributed by atoms with Crippen molar-refractivity contribution in [2.45, 2.75) is 12.8 Å². The number of hydrogen-bond acceptors (Lipinski definition) is 3. The molecule has 2 N–H and O–H groups in total. The Morgan fingerprint density at radius 1 is 1.25 bits per heavy atom. The highest BCUT2D eigenvalue weighted by Gasteiger charge is 2.28. The number of aliphatic carboxylic acids is 1. The summed E-state index contributed by atoms with van der Waals surface area (Å²) in [6.45, 7) is 0.945. The molecular formula is C14H15N3O3. The number of pyridine rings is 1. The van der Waals surface area contributed by atoms with Crippen LogP contribution in [0.4, 0.5) is 0 Å². The van der Waals surface area contributed by atoms with Crippen molar-refractivity contribution in [1.29, 1.82) is 0 Å². The zero-order chi connectivity index (χ0) is 14.1. The van der Waals surface area contributed by atoms with Crippen LogP contribution in [-0.2, 0) is 4.79 Å². The summed E-state index contributed by atoms with van der Waals surface area (Å²) in [5.41, 5.74) is 1.09. The number of fused-ring (bicyclic) bond motifs is 1. The van der Waals surface area contributed by atoms with E-state index < -0.39 is 5.97 Å². The van der Waals surface area contributed by atoms with Crippen LogP contribution in [0.25, 0.3) is 11.0 Å². The lowest BCUT2D eigenvalue weighted by Crippen LogP contribution is -2.40. The van der Waals surface area contributed by atoms with E-state index in [-0.39, 0.29) is 11.8 Å². The van der Waals surface area contributed by atoms with E-state index in [1.165, 1.54) is 0 Å². The molecule has 0 radical (unpaired) electrons. The molecule has 0 aromatic carbocycles. The minimum Gasteiger partial charge on any atom is -0.481 e. The Morgan fingerprint density at radius 2 is 2.00 bits per heavy atom. The molecule has 0 unspecified atom stereocenters. The van der Waals surface area contributed by atoms with Crippen LogP contribution < -0.4 is 0 Å². The third-order valence-corrected chi connectivity index (χ3v) is 3.76. The number of nitrogens with zero attached hydrogens (tertiary/aromatic N) is 2. The second kappa shape index (κ2) is 4.96. The molecule has 1 saturated heterocycles. The summed E-state index contributed by atoms with van der Waals surface area (Å²) in [5.74, 6) is -1.24. The average molecular weight is 273 g/mol. The quantitative estimate of drug-likeness (QED) is 0.868. The van der Waals surface area contributed by atoms with E-state index in [4.69, 9.17) is 5.11 Å². The van der Waals surface area contributed by atoms with Gasteiger partial charge in [0.15, 0.2) is 0 Å². The number of rotatable bonds is 2. The Labute approximate surface area is 115 Å². The minimum atomic E-state index is -0.775. The van der Waals surface area contributed by atoms with E-state index in [0.717, 1.165) is 5.39 Å². The summed E-state index contributed by atoms with van der Waals surface area (Å²) in [5, 5.41) is 9.92. The lowest BCUT2D eigenvalue weighted by atomic mass is 9.97. The molecule has 2 aromatic rings. The van der Waals surface area contributed by atoms with Gasteiger partial charge in [0.2, 0.25) is 0 Å². The topological polar surface area (TPSA) is 86.3 Å². The minimum absolute atomic E-state index is 0.134. The lowest BCUT2D eigenvalue weighted by molar-refractivity contribution is -0.143. The molecule has 0 aliphatic carbocycles. The van der Waals surface area contributed by atoms with Crippen molar-refractivity contribution in [1.82, 2.24) is 14.9 Å². The van der Waals surface area contributed by atoms with Gasteiger partial charge in [-0.25, -0.2) is 4.98 Å². The monoisotopic (exact) mass is 273 g/mol. The number of piperidine rings is 1. The second-order valence-corrected chi connectivity index (χ2v) is 5.02. The Kier molecular flexibility index (Phi) is 3.14. The first-order valence-electron chi connectivity index (χ1n) is 6.61. The van der Waals surface area contributed by atoms with Gasteiger partial charge in [-0.1, -0.05) is 0 Å². The van der Waals surface area contributed by atoms with Crippen LogP contribution in [0, 0.1) is 5.92 Å². The average Bonchev–Trinajstić information content (AvgIpc) is 2.94. The molecule has 3 rings (SSSR count). The Bertz CT molecular complexity index is 656. The number of H-pyrrole nitrogens is 1. The van der Waals surface area contributed by atoms with E-state index in [1.54, 1.807) is 17.2 Å². The molecular weight excluding hydrogens is 258 g/mol. The molecule has 104 valence electrons. The van der Waals surface area contributed by atoms with Crippen LogP contribution in [0.3, 0.4) is 0 Å². The predicted molar refractivity (Wildman–Crippen MR) is 72.4 cm³/mol. The zero-order valence-corrected chi connectivity index (χ0v) is 10.9. The van der Waals surface area contributed by atoms with Crippen LogP contribution in [0.2, 0.25) is 0 Å². The number of nitrogens with one attached hydrogen (secondary N) is 1. The maximum atomic E-state index is 12.3. The summed E-state index contributed by atoms with van der Waals surface area (Å²) in [7, 11) is 0.